The van der Waals surface area contributed by atoms with Crippen molar-refractivity contribution in [2.24, 2.45) is 5.92 Å². The second-order valence-electron chi connectivity index (χ2n) is 7.44. The molecule has 20 heavy (non-hydrogen) atoms. The van der Waals surface area contributed by atoms with E-state index in [2.05, 4.69) is 23.8 Å². The quantitative estimate of drug-likeness (QED) is 0.860. The number of rotatable bonds is 3. The molecular formula is C17H32N2O. The minimum atomic E-state index is -0.0787. The van der Waals surface area contributed by atoms with Gasteiger partial charge >= 0.3 is 0 Å². The summed E-state index contributed by atoms with van der Waals surface area (Å²) in [5.74, 6) is 0.853. The third kappa shape index (κ3) is 2.90. The van der Waals surface area contributed by atoms with Crippen LogP contribution in [0.2, 0.25) is 0 Å². The maximum Gasteiger partial charge on any atom is 0.0695 e. The highest BCUT2D eigenvalue weighted by atomic mass is 16.3. The van der Waals surface area contributed by atoms with Gasteiger partial charge < -0.3 is 5.11 Å². The Morgan fingerprint density at radius 2 is 1.85 bits per heavy atom. The van der Waals surface area contributed by atoms with Crippen molar-refractivity contribution in [1.29, 1.82) is 0 Å². The summed E-state index contributed by atoms with van der Waals surface area (Å²) in [5.41, 5.74) is 0. The van der Waals surface area contributed by atoms with Gasteiger partial charge in [-0.05, 0) is 51.5 Å². The van der Waals surface area contributed by atoms with Gasteiger partial charge in [0.25, 0.3) is 0 Å². The summed E-state index contributed by atoms with van der Waals surface area (Å²) in [7, 11) is 2.31. The fourth-order valence-electron chi connectivity index (χ4n) is 4.91. The zero-order valence-corrected chi connectivity index (χ0v) is 13.3. The van der Waals surface area contributed by atoms with Gasteiger partial charge in [-0.3, -0.25) is 9.80 Å². The number of likely N-dealkylation sites (N-methyl/N-ethyl adjacent to an activating group) is 1. The molecule has 2 saturated heterocycles. The first-order valence-electron chi connectivity index (χ1n) is 8.83. The molecule has 5 atom stereocenters. The Kier molecular flexibility index (Phi) is 4.68. The molecule has 1 aliphatic carbocycles. The summed E-state index contributed by atoms with van der Waals surface area (Å²) in [4.78, 5) is 5.26. The highest BCUT2D eigenvalue weighted by molar-refractivity contribution is 4.95. The van der Waals surface area contributed by atoms with Crippen LogP contribution in [-0.4, -0.2) is 59.3 Å². The van der Waals surface area contributed by atoms with E-state index in [-0.39, 0.29) is 6.10 Å². The second kappa shape index (κ2) is 6.33. The standard InChI is InChI=1S/C17H32N2O/c1-3-4-13-5-8-17(20)16(11-13)19-10-9-14-6-7-15(12-19)18(14)2/h13-17,20H,3-12H2,1-2H3. The minimum Gasteiger partial charge on any atom is -0.391 e. The van der Waals surface area contributed by atoms with Crippen molar-refractivity contribution in [2.45, 2.75) is 82.5 Å². The zero-order chi connectivity index (χ0) is 14.1. The zero-order valence-electron chi connectivity index (χ0n) is 13.3. The van der Waals surface area contributed by atoms with E-state index >= 15 is 0 Å². The molecule has 2 bridgehead atoms. The highest BCUT2D eigenvalue weighted by Gasteiger charge is 2.39. The van der Waals surface area contributed by atoms with E-state index < -0.39 is 0 Å². The maximum atomic E-state index is 10.5. The first kappa shape index (κ1) is 14.8. The summed E-state index contributed by atoms with van der Waals surface area (Å²) >= 11 is 0. The van der Waals surface area contributed by atoms with Crippen LogP contribution in [0.4, 0.5) is 0 Å². The topological polar surface area (TPSA) is 26.7 Å². The molecule has 1 saturated carbocycles. The van der Waals surface area contributed by atoms with E-state index in [1.54, 1.807) is 0 Å². The van der Waals surface area contributed by atoms with Crippen LogP contribution in [0.1, 0.15) is 58.3 Å². The van der Waals surface area contributed by atoms with Gasteiger partial charge in [0.1, 0.15) is 0 Å². The summed E-state index contributed by atoms with van der Waals surface area (Å²) in [5, 5.41) is 10.5. The van der Waals surface area contributed by atoms with E-state index in [0.29, 0.717) is 6.04 Å². The van der Waals surface area contributed by atoms with E-state index in [4.69, 9.17) is 0 Å². The molecule has 0 aromatic rings. The molecule has 3 nitrogen and oxygen atoms in total. The molecule has 5 unspecified atom stereocenters. The van der Waals surface area contributed by atoms with E-state index in [9.17, 15) is 5.11 Å². The first-order valence-corrected chi connectivity index (χ1v) is 8.83. The molecule has 2 heterocycles. The van der Waals surface area contributed by atoms with Gasteiger partial charge in [0.05, 0.1) is 6.10 Å². The Bertz CT molecular complexity index is 322. The molecule has 0 spiro atoms. The lowest BCUT2D eigenvalue weighted by atomic mass is 9.80. The van der Waals surface area contributed by atoms with Gasteiger partial charge in [-0.25, -0.2) is 0 Å². The average Bonchev–Trinajstić information content (AvgIpc) is 2.67. The maximum absolute atomic E-state index is 10.5. The lowest BCUT2D eigenvalue weighted by molar-refractivity contribution is -0.00160. The number of aliphatic hydroxyl groups excluding tert-OH is 1. The third-order valence-corrected chi connectivity index (χ3v) is 6.24. The Labute approximate surface area is 124 Å². The van der Waals surface area contributed by atoms with Gasteiger partial charge in [-0.1, -0.05) is 19.8 Å². The normalized spacial score (nSPS) is 43.6. The largest absolute Gasteiger partial charge is 0.391 e. The van der Waals surface area contributed by atoms with E-state index in [1.807, 2.05) is 0 Å². The molecule has 1 N–H and O–H groups in total. The molecule has 0 radical (unpaired) electrons. The molecular weight excluding hydrogens is 248 g/mol. The van der Waals surface area contributed by atoms with Crippen LogP contribution >= 0.6 is 0 Å². The summed E-state index contributed by atoms with van der Waals surface area (Å²) in [6.07, 6.45) is 10.1. The van der Waals surface area contributed by atoms with Crippen molar-refractivity contribution in [2.75, 3.05) is 20.1 Å². The van der Waals surface area contributed by atoms with Crippen molar-refractivity contribution in [3.63, 3.8) is 0 Å². The lowest BCUT2D eigenvalue weighted by Crippen LogP contribution is -2.50. The van der Waals surface area contributed by atoms with Crippen LogP contribution < -0.4 is 0 Å². The fourth-order valence-corrected chi connectivity index (χ4v) is 4.91. The number of hydrogen-bond donors (Lipinski definition) is 1. The van der Waals surface area contributed by atoms with Crippen LogP contribution in [0.3, 0.4) is 0 Å². The van der Waals surface area contributed by atoms with Gasteiger partial charge in [0.15, 0.2) is 0 Å². The summed E-state index contributed by atoms with van der Waals surface area (Å²) in [6, 6.07) is 1.98. The molecule has 0 aromatic heterocycles. The molecule has 116 valence electrons. The van der Waals surface area contributed by atoms with Gasteiger partial charge in [0.2, 0.25) is 0 Å². The van der Waals surface area contributed by atoms with Crippen molar-refractivity contribution in [3.8, 4) is 0 Å². The Morgan fingerprint density at radius 3 is 2.65 bits per heavy atom. The molecule has 3 fully saturated rings. The molecule has 3 aliphatic rings. The van der Waals surface area contributed by atoms with Gasteiger partial charge in [-0.15, -0.1) is 0 Å². The van der Waals surface area contributed by atoms with Crippen molar-refractivity contribution in [3.05, 3.63) is 0 Å². The monoisotopic (exact) mass is 280 g/mol. The average molecular weight is 280 g/mol. The third-order valence-electron chi connectivity index (χ3n) is 6.24. The first-order chi connectivity index (χ1) is 9.69. The Balaban J connectivity index is 1.65. The van der Waals surface area contributed by atoms with Crippen molar-refractivity contribution >= 4 is 0 Å². The summed E-state index contributed by atoms with van der Waals surface area (Å²) in [6.45, 7) is 4.68. The van der Waals surface area contributed by atoms with Crippen molar-refractivity contribution in [1.82, 2.24) is 9.80 Å². The fraction of sp³-hybridized carbons (Fsp3) is 1.00. The molecule has 0 aromatic carbocycles. The van der Waals surface area contributed by atoms with E-state index in [0.717, 1.165) is 24.4 Å². The predicted octanol–water partition coefficient (Wildman–Crippen LogP) is 2.48. The number of hydrogen-bond acceptors (Lipinski definition) is 3. The minimum absolute atomic E-state index is 0.0787. The molecule has 0 amide bonds. The highest BCUT2D eigenvalue weighted by Crippen LogP contribution is 2.35. The SMILES string of the molecule is CCCC1CCC(O)C(N2CCC3CCC(C2)N3C)C1. The number of nitrogens with zero attached hydrogens (tertiary/aromatic N) is 2. The number of aliphatic hydroxyl groups is 1. The van der Waals surface area contributed by atoms with Gasteiger partial charge in [-0.2, -0.15) is 0 Å². The number of likely N-dealkylation sites (tertiary alicyclic amines) is 1. The van der Waals surface area contributed by atoms with Crippen LogP contribution in [-0.2, 0) is 0 Å². The number of fused-ring (bicyclic) bond motifs is 2. The lowest BCUT2D eigenvalue weighted by Gasteiger charge is -2.41. The summed E-state index contributed by atoms with van der Waals surface area (Å²) < 4.78 is 0. The smallest absolute Gasteiger partial charge is 0.0695 e. The van der Waals surface area contributed by atoms with Crippen LogP contribution in [0.25, 0.3) is 0 Å². The van der Waals surface area contributed by atoms with Gasteiger partial charge in [0, 0.05) is 31.2 Å². The van der Waals surface area contributed by atoms with E-state index in [1.165, 1.54) is 58.0 Å². The molecule has 2 aliphatic heterocycles. The Hall–Kier alpha value is -0.120. The Morgan fingerprint density at radius 1 is 1.05 bits per heavy atom. The van der Waals surface area contributed by atoms with Crippen molar-refractivity contribution < 1.29 is 5.11 Å². The van der Waals surface area contributed by atoms with Crippen LogP contribution in [0, 0.1) is 5.92 Å². The molecule has 3 heteroatoms. The predicted molar refractivity (Wildman–Crippen MR) is 82.8 cm³/mol. The van der Waals surface area contributed by atoms with Crippen LogP contribution in [0.15, 0.2) is 0 Å². The second-order valence-corrected chi connectivity index (χ2v) is 7.44. The van der Waals surface area contributed by atoms with Crippen LogP contribution in [0.5, 0.6) is 0 Å². The molecule has 3 rings (SSSR count).